The summed E-state index contributed by atoms with van der Waals surface area (Å²) in [6, 6.07) is 19.0. The Hall–Kier alpha value is -4.16. The second kappa shape index (κ2) is 8.28. The van der Waals surface area contributed by atoms with Crippen molar-refractivity contribution in [1.82, 2.24) is 0 Å². The van der Waals surface area contributed by atoms with Gasteiger partial charge in [-0.15, -0.1) is 10.5 Å². The zero-order chi connectivity index (χ0) is 19.1. The van der Waals surface area contributed by atoms with Gasteiger partial charge in [0.2, 0.25) is 0 Å². The van der Waals surface area contributed by atoms with Crippen LogP contribution < -0.4 is 18.9 Å². The van der Waals surface area contributed by atoms with Crippen LogP contribution in [0.4, 0.5) is 0 Å². The summed E-state index contributed by atoms with van der Waals surface area (Å²) in [6.45, 7) is 1.93. The van der Waals surface area contributed by atoms with E-state index in [4.69, 9.17) is 29.5 Å². The fourth-order valence-electron chi connectivity index (χ4n) is 2.27. The van der Waals surface area contributed by atoms with Gasteiger partial charge in [0, 0.05) is 6.07 Å². The van der Waals surface area contributed by atoms with Gasteiger partial charge in [0.15, 0.2) is 0 Å². The van der Waals surface area contributed by atoms with Crippen molar-refractivity contribution in [3.8, 4) is 47.0 Å². The van der Waals surface area contributed by atoms with Crippen LogP contribution in [0.25, 0.3) is 0 Å². The van der Waals surface area contributed by atoms with Crippen LogP contribution in [0.1, 0.15) is 5.56 Å². The highest BCUT2D eigenvalue weighted by Gasteiger charge is 2.06. The molecule has 3 aromatic rings. The average Bonchev–Trinajstić information content (AvgIpc) is 2.68. The number of aryl methyl sites for hydroxylation is 1. The molecular formula is C21H14N2O4. The number of nitriles is 2. The van der Waals surface area contributed by atoms with Gasteiger partial charge in [0.05, 0.1) is 0 Å². The lowest BCUT2D eigenvalue weighted by Crippen LogP contribution is -1.91. The third kappa shape index (κ3) is 4.68. The van der Waals surface area contributed by atoms with E-state index >= 15 is 0 Å². The Kier molecular flexibility index (Phi) is 5.42. The van der Waals surface area contributed by atoms with E-state index in [-0.39, 0.29) is 0 Å². The molecule has 6 nitrogen and oxygen atoms in total. The molecule has 0 aliphatic heterocycles. The molecule has 0 amide bonds. The van der Waals surface area contributed by atoms with E-state index in [0.29, 0.717) is 34.5 Å². The van der Waals surface area contributed by atoms with Crippen LogP contribution in [0.3, 0.4) is 0 Å². The molecule has 6 heteroatoms. The summed E-state index contributed by atoms with van der Waals surface area (Å²) in [5.74, 6) is 3.36. The second-order valence-electron chi connectivity index (χ2n) is 5.46. The van der Waals surface area contributed by atoms with Gasteiger partial charge in [0.1, 0.15) is 34.5 Å². The summed E-state index contributed by atoms with van der Waals surface area (Å²) in [5, 5.41) is 17.0. The number of ether oxygens (including phenoxy) is 4. The zero-order valence-corrected chi connectivity index (χ0v) is 14.4. The Morgan fingerprint density at radius 2 is 1.04 bits per heavy atom. The van der Waals surface area contributed by atoms with Gasteiger partial charge in [-0.25, -0.2) is 0 Å². The van der Waals surface area contributed by atoms with Crippen molar-refractivity contribution in [3.05, 3.63) is 72.3 Å². The molecular weight excluding hydrogens is 344 g/mol. The molecule has 0 aromatic heterocycles. The van der Waals surface area contributed by atoms with Crippen molar-refractivity contribution in [1.29, 1.82) is 10.5 Å². The minimum absolute atomic E-state index is 0.446. The fourth-order valence-corrected chi connectivity index (χ4v) is 2.27. The fraction of sp³-hybridized carbons (Fsp3) is 0.0476. The molecule has 0 saturated heterocycles. The smallest absolute Gasteiger partial charge is 0.292 e. The number of rotatable bonds is 6. The number of hydrogen-bond acceptors (Lipinski definition) is 6. The van der Waals surface area contributed by atoms with Gasteiger partial charge in [0.25, 0.3) is 12.5 Å². The number of benzene rings is 3. The summed E-state index contributed by atoms with van der Waals surface area (Å²) in [5.41, 5.74) is 0.942. The quantitative estimate of drug-likeness (QED) is 0.556. The molecule has 0 aliphatic rings. The lowest BCUT2D eigenvalue weighted by Gasteiger charge is -2.12. The predicted molar refractivity (Wildman–Crippen MR) is 96.7 cm³/mol. The van der Waals surface area contributed by atoms with Crippen molar-refractivity contribution >= 4 is 0 Å². The van der Waals surface area contributed by atoms with E-state index in [1.54, 1.807) is 67.1 Å². The first-order chi connectivity index (χ1) is 13.2. The Labute approximate surface area is 156 Å². The first kappa shape index (κ1) is 17.7. The van der Waals surface area contributed by atoms with Crippen LogP contribution in [-0.4, -0.2) is 0 Å². The molecule has 0 N–H and O–H groups in total. The zero-order valence-electron chi connectivity index (χ0n) is 14.4. The first-order valence-electron chi connectivity index (χ1n) is 7.96. The maximum atomic E-state index is 8.52. The van der Waals surface area contributed by atoms with E-state index in [9.17, 15) is 0 Å². The Bertz CT molecular complexity index is 1000. The molecule has 0 bridgehead atoms. The molecule has 0 saturated carbocycles. The molecule has 3 rings (SSSR count). The maximum Gasteiger partial charge on any atom is 0.292 e. The van der Waals surface area contributed by atoms with E-state index in [1.807, 2.05) is 19.1 Å². The molecule has 0 heterocycles. The first-order valence-corrected chi connectivity index (χ1v) is 7.96. The van der Waals surface area contributed by atoms with Crippen LogP contribution in [0, 0.1) is 30.0 Å². The number of nitrogens with zero attached hydrogens (tertiary/aromatic N) is 2. The van der Waals surface area contributed by atoms with Crippen molar-refractivity contribution < 1.29 is 18.9 Å². The predicted octanol–water partition coefficient (Wildman–Crippen LogP) is 5.30. The SMILES string of the molecule is Cc1ccc(Oc2ccc(OC#N)cc2)cc1Oc1ccc(OC#N)cc1. The van der Waals surface area contributed by atoms with Gasteiger partial charge >= 0.3 is 0 Å². The molecule has 0 atom stereocenters. The lowest BCUT2D eigenvalue weighted by atomic mass is 10.2. The highest BCUT2D eigenvalue weighted by molar-refractivity contribution is 5.45. The third-order valence-electron chi connectivity index (χ3n) is 3.60. The van der Waals surface area contributed by atoms with Crippen LogP contribution in [0.15, 0.2) is 66.7 Å². The van der Waals surface area contributed by atoms with Gasteiger partial charge < -0.3 is 18.9 Å². The van der Waals surface area contributed by atoms with Crippen molar-refractivity contribution in [2.24, 2.45) is 0 Å². The summed E-state index contributed by atoms with van der Waals surface area (Å²) < 4.78 is 21.2. The van der Waals surface area contributed by atoms with Gasteiger partial charge in [-0.05, 0) is 67.1 Å². The molecule has 3 aromatic carbocycles. The summed E-state index contributed by atoms with van der Waals surface area (Å²) in [4.78, 5) is 0. The minimum atomic E-state index is 0.446. The molecule has 0 spiro atoms. The maximum absolute atomic E-state index is 8.52. The molecule has 132 valence electrons. The van der Waals surface area contributed by atoms with E-state index in [1.165, 1.54) is 0 Å². The average molecular weight is 358 g/mol. The molecule has 0 unspecified atom stereocenters. The van der Waals surface area contributed by atoms with Crippen LogP contribution in [0.2, 0.25) is 0 Å². The summed E-state index contributed by atoms with van der Waals surface area (Å²) in [7, 11) is 0. The normalized spacial score (nSPS) is 9.59. The van der Waals surface area contributed by atoms with Gasteiger partial charge in [-0.3, -0.25) is 0 Å². The third-order valence-corrected chi connectivity index (χ3v) is 3.60. The van der Waals surface area contributed by atoms with Crippen LogP contribution in [0.5, 0.6) is 34.5 Å². The highest BCUT2D eigenvalue weighted by atomic mass is 16.5. The lowest BCUT2D eigenvalue weighted by molar-refractivity contribution is 0.454. The second-order valence-corrected chi connectivity index (χ2v) is 5.46. The molecule has 0 radical (unpaired) electrons. The van der Waals surface area contributed by atoms with Gasteiger partial charge in [-0.1, -0.05) is 6.07 Å². The molecule has 0 fully saturated rings. The van der Waals surface area contributed by atoms with Crippen molar-refractivity contribution in [3.63, 3.8) is 0 Å². The largest absolute Gasteiger partial charge is 0.457 e. The van der Waals surface area contributed by atoms with E-state index < -0.39 is 0 Å². The minimum Gasteiger partial charge on any atom is -0.457 e. The standard InChI is InChI=1S/C21H14N2O4/c1-15-2-3-20(26-18-8-4-16(5-9-18)24-13-22)12-21(15)27-19-10-6-17(7-11-19)25-14-23/h2-12H,1H3. The van der Waals surface area contributed by atoms with Crippen LogP contribution in [-0.2, 0) is 0 Å². The van der Waals surface area contributed by atoms with Gasteiger partial charge in [-0.2, -0.15) is 0 Å². The Morgan fingerprint density at radius 3 is 1.56 bits per heavy atom. The highest BCUT2D eigenvalue weighted by Crippen LogP contribution is 2.32. The van der Waals surface area contributed by atoms with E-state index in [2.05, 4.69) is 0 Å². The Balaban J connectivity index is 1.74. The topological polar surface area (TPSA) is 84.5 Å². The molecule has 0 aliphatic carbocycles. The summed E-state index contributed by atoms with van der Waals surface area (Å²) >= 11 is 0. The number of hydrogen-bond donors (Lipinski definition) is 0. The van der Waals surface area contributed by atoms with Crippen LogP contribution >= 0.6 is 0 Å². The van der Waals surface area contributed by atoms with Crippen molar-refractivity contribution in [2.45, 2.75) is 6.92 Å². The molecule has 27 heavy (non-hydrogen) atoms. The summed E-state index contributed by atoms with van der Waals surface area (Å²) in [6.07, 6.45) is 3.24. The van der Waals surface area contributed by atoms with Crippen molar-refractivity contribution in [2.75, 3.05) is 0 Å². The monoisotopic (exact) mass is 358 g/mol. The van der Waals surface area contributed by atoms with E-state index in [0.717, 1.165) is 5.56 Å². The Morgan fingerprint density at radius 1 is 0.593 bits per heavy atom.